The third-order valence-electron chi connectivity index (χ3n) is 2.88. The number of aromatic nitrogens is 1. The van der Waals surface area contributed by atoms with E-state index in [2.05, 4.69) is 19.2 Å². The van der Waals surface area contributed by atoms with Crippen LogP contribution in [0.25, 0.3) is 0 Å². The fraction of sp³-hybridized carbons (Fsp3) is 0.400. The normalized spacial score (nSPS) is 11.2. The van der Waals surface area contributed by atoms with Crippen LogP contribution in [0.3, 0.4) is 0 Å². The molecule has 0 atom stereocenters. The third kappa shape index (κ3) is 3.83. The Hall–Kier alpha value is -1.81. The second kappa shape index (κ2) is 5.89. The fourth-order valence-corrected chi connectivity index (χ4v) is 1.81. The van der Waals surface area contributed by atoms with Crippen molar-refractivity contribution in [2.24, 2.45) is 0 Å². The SMILES string of the molecule is Cc1ccn(Cc2ccc(CNC(C)C)o2)c(=O)c1. The predicted molar refractivity (Wildman–Crippen MR) is 75.2 cm³/mol. The minimum atomic E-state index is -0.00162. The highest BCUT2D eigenvalue weighted by Gasteiger charge is 2.04. The fourth-order valence-electron chi connectivity index (χ4n) is 1.81. The quantitative estimate of drug-likeness (QED) is 0.897. The topological polar surface area (TPSA) is 47.2 Å². The first-order valence-corrected chi connectivity index (χ1v) is 6.52. The van der Waals surface area contributed by atoms with Crippen LogP contribution in [0.15, 0.2) is 39.7 Å². The first kappa shape index (κ1) is 13.6. The van der Waals surface area contributed by atoms with E-state index in [9.17, 15) is 4.79 Å². The number of pyridine rings is 1. The Balaban J connectivity index is 2.05. The number of furan rings is 1. The summed E-state index contributed by atoms with van der Waals surface area (Å²) < 4.78 is 7.35. The van der Waals surface area contributed by atoms with E-state index in [1.165, 1.54) is 0 Å². The molecule has 2 aromatic heterocycles. The van der Waals surface area contributed by atoms with E-state index in [0.29, 0.717) is 19.1 Å². The van der Waals surface area contributed by atoms with Crippen molar-refractivity contribution in [3.8, 4) is 0 Å². The molecule has 0 radical (unpaired) electrons. The summed E-state index contributed by atoms with van der Waals surface area (Å²) >= 11 is 0. The highest BCUT2D eigenvalue weighted by atomic mass is 16.3. The molecule has 1 N–H and O–H groups in total. The second-order valence-corrected chi connectivity index (χ2v) is 5.07. The van der Waals surface area contributed by atoms with E-state index in [4.69, 9.17) is 4.42 Å². The van der Waals surface area contributed by atoms with Gasteiger partial charge in [0, 0.05) is 18.3 Å². The zero-order chi connectivity index (χ0) is 13.8. The van der Waals surface area contributed by atoms with E-state index in [1.807, 2.05) is 25.1 Å². The van der Waals surface area contributed by atoms with Gasteiger partial charge in [-0.05, 0) is 30.7 Å². The Bertz CT molecular complexity index is 596. The molecule has 0 aliphatic heterocycles. The summed E-state index contributed by atoms with van der Waals surface area (Å²) in [6.45, 7) is 7.28. The lowest BCUT2D eigenvalue weighted by atomic mass is 10.3. The van der Waals surface area contributed by atoms with Gasteiger partial charge in [-0.2, -0.15) is 0 Å². The monoisotopic (exact) mass is 260 g/mol. The van der Waals surface area contributed by atoms with Gasteiger partial charge in [-0.3, -0.25) is 4.79 Å². The van der Waals surface area contributed by atoms with E-state index in [1.54, 1.807) is 16.8 Å². The molecular formula is C15H20N2O2. The molecule has 0 aliphatic rings. The van der Waals surface area contributed by atoms with Crippen molar-refractivity contribution in [1.29, 1.82) is 0 Å². The highest BCUT2D eigenvalue weighted by Crippen LogP contribution is 2.09. The van der Waals surface area contributed by atoms with Crippen molar-refractivity contribution in [3.05, 3.63) is 57.9 Å². The van der Waals surface area contributed by atoms with Gasteiger partial charge in [0.25, 0.3) is 5.56 Å². The molecule has 2 aromatic rings. The van der Waals surface area contributed by atoms with Gasteiger partial charge in [0.2, 0.25) is 0 Å². The number of hydrogen-bond acceptors (Lipinski definition) is 3. The van der Waals surface area contributed by atoms with Gasteiger partial charge in [0.05, 0.1) is 13.1 Å². The largest absolute Gasteiger partial charge is 0.463 e. The Morgan fingerprint density at radius 3 is 2.68 bits per heavy atom. The maximum absolute atomic E-state index is 11.8. The smallest absolute Gasteiger partial charge is 0.251 e. The third-order valence-corrected chi connectivity index (χ3v) is 2.88. The van der Waals surface area contributed by atoms with Gasteiger partial charge < -0.3 is 14.3 Å². The van der Waals surface area contributed by atoms with Gasteiger partial charge in [-0.15, -0.1) is 0 Å². The van der Waals surface area contributed by atoms with Gasteiger partial charge in [0.15, 0.2) is 0 Å². The van der Waals surface area contributed by atoms with Gasteiger partial charge in [0.1, 0.15) is 11.5 Å². The van der Waals surface area contributed by atoms with E-state index in [0.717, 1.165) is 17.1 Å². The molecule has 19 heavy (non-hydrogen) atoms. The molecule has 4 heteroatoms. The molecule has 0 aliphatic carbocycles. The molecule has 2 heterocycles. The summed E-state index contributed by atoms with van der Waals surface area (Å²) in [5.41, 5.74) is 0.973. The van der Waals surface area contributed by atoms with Crippen LogP contribution in [-0.2, 0) is 13.1 Å². The van der Waals surface area contributed by atoms with Crippen LogP contribution in [0.4, 0.5) is 0 Å². The van der Waals surface area contributed by atoms with Gasteiger partial charge in [-0.1, -0.05) is 13.8 Å². The molecule has 0 amide bonds. The number of aryl methyl sites for hydroxylation is 1. The maximum Gasteiger partial charge on any atom is 0.251 e. The molecule has 2 rings (SSSR count). The van der Waals surface area contributed by atoms with Crippen molar-refractivity contribution in [1.82, 2.24) is 9.88 Å². The molecule has 0 aromatic carbocycles. The van der Waals surface area contributed by atoms with Crippen LogP contribution in [-0.4, -0.2) is 10.6 Å². The first-order chi connectivity index (χ1) is 9.04. The van der Waals surface area contributed by atoms with Crippen LogP contribution in [0.1, 0.15) is 30.9 Å². The molecule has 4 nitrogen and oxygen atoms in total. The lowest BCUT2D eigenvalue weighted by molar-refractivity contribution is 0.426. The summed E-state index contributed by atoms with van der Waals surface area (Å²) in [7, 11) is 0. The van der Waals surface area contributed by atoms with Crippen molar-refractivity contribution < 1.29 is 4.42 Å². The summed E-state index contributed by atoms with van der Waals surface area (Å²) in [6, 6.07) is 7.84. The number of nitrogens with zero attached hydrogens (tertiary/aromatic N) is 1. The Morgan fingerprint density at radius 2 is 2.00 bits per heavy atom. The summed E-state index contributed by atoms with van der Waals surface area (Å²) in [4.78, 5) is 11.8. The molecule has 0 spiro atoms. The minimum Gasteiger partial charge on any atom is -0.463 e. The summed E-state index contributed by atoms with van der Waals surface area (Å²) in [6.07, 6.45) is 1.80. The van der Waals surface area contributed by atoms with Crippen molar-refractivity contribution >= 4 is 0 Å². The lowest BCUT2D eigenvalue weighted by Crippen LogP contribution is -2.21. The van der Waals surface area contributed by atoms with Crippen LogP contribution in [0.2, 0.25) is 0 Å². The van der Waals surface area contributed by atoms with Crippen molar-refractivity contribution in [2.45, 2.75) is 39.9 Å². The molecule has 102 valence electrons. The van der Waals surface area contributed by atoms with Crippen molar-refractivity contribution in [3.63, 3.8) is 0 Å². The average molecular weight is 260 g/mol. The van der Waals surface area contributed by atoms with E-state index in [-0.39, 0.29) is 5.56 Å². The van der Waals surface area contributed by atoms with Crippen LogP contribution in [0, 0.1) is 6.92 Å². The standard InChI is InChI=1S/C15H20N2O2/c1-11(2)16-9-13-4-5-14(19-13)10-17-7-6-12(3)8-15(17)18/h4-8,11,16H,9-10H2,1-3H3. The second-order valence-electron chi connectivity index (χ2n) is 5.07. The Morgan fingerprint density at radius 1 is 1.26 bits per heavy atom. The van der Waals surface area contributed by atoms with Crippen LogP contribution < -0.4 is 10.9 Å². The molecule has 0 fully saturated rings. The number of hydrogen-bond donors (Lipinski definition) is 1. The first-order valence-electron chi connectivity index (χ1n) is 6.52. The molecule has 0 saturated heterocycles. The molecule has 0 bridgehead atoms. The zero-order valence-electron chi connectivity index (χ0n) is 11.6. The molecular weight excluding hydrogens is 240 g/mol. The lowest BCUT2D eigenvalue weighted by Gasteiger charge is -2.06. The Kier molecular flexibility index (Phi) is 4.22. The maximum atomic E-state index is 11.8. The Labute approximate surface area is 113 Å². The summed E-state index contributed by atoms with van der Waals surface area (Å²) in [5, 5.41) is 3.30. The summed E-state index contributed by atoms with van der Waals surface area (Å²) in [5.74, 6) is 1.69. The molecule has 0 saturated carbocycles. The number of nitrogens with one attached hydrogen (secondary N) is 1. The highest BCUT2D eigenvalue weighted by molar-refractivity contribution is 5.11. The van der Waals surface area contributed by atoms with Crippen LogP contribution >= 0.6 is 0 Å². The van der Waals surface area contributed by atoms with Crippen LogP contribution in [0.5, 0.6) is 0 Å². The van der Waals surface area contributed by atoms with E-state index >= 15 is 0 Å². The predicted octanol–water partition coefficient (Wildman–Crippen LogP) is 2.30. The van der Waals surface area contributed by atoms with E-state index < -0.39 is 0 Å². The van der Waals surface area contributed by atoms with Gasteiger partial charge >= 0.3 is 0 Å². The minimum absolute atomic E-state index is 0.00162. The average Bonchev–Trinajstić information content (AvgIpc) is 2.78. The molecule has 0 unspecified atom stereocenters. The van der Waals surface area contributed by atoms with Gasteiger partial charge in [-0.25, -0.2) is 0 Å². The number of rotatable bonds is 5. The zero-order valence-corrected chi connectivity index (χ0v) is 11.6. The van der Waals surface area contributed by atoms with Crippen molar-refractivity contribution in [2.75, 3.05) is 0 Å².